The van der Waals surface area contributed by atoms with E-state index in [0.717, 1.165) is 18.9 Å². The first-order chi connectivity index (χ1) is 7.16. The molecule has 1 atom stereocenters. The Kier molecular flexibility index (Phi) is 3.10. The van der Waals surface area contributed by atoms with Gasteiger partial charge in [0.2, 0.25) is 0 Å². The van der Waals surface area contributed by atoms with Crippen LogP contribution in [-0.4, -0.2) is 22.4 Å². The van der Waals surface area contributed by atoms with Crippen LogP contribution in [0.15, 0.2) is 6.20 Å². The fourth-order valence-electron chi connectivity index (χ4n) is 2.09. The minimum Gasteiger partial charge on any atom is -0.314 e. The molecule has 1 heterocycles. The van der Waals surface area contributed by atoms with Gasteiger partial charge in [0.25, 0.3) is 0 Å². The molecule has 3 heteroatoms. The largest absolute Gasteiger partial charge is 0.314 e. The molecule has 1 aliphatic rings. The molecule has 0 saturated heterocycles. The van der Waals surface area contributed by atoms with E-state index in [1.807, 2.05) is 11.7 Å². The smallest absolute Gasteiger partial charge is 0.0626 e. The maximum atomic E-state index is 4.35. The third kappa shape index (κ3) is 2.81. The summed E-state index contributed by atoms with van der Waals surface area (Å²) >= 11 is 0. The molecular formula is C12H21N3. The third-order valence-electron chi connectivity index (χ3n) is 3.30. The second-order valence-corrected chi connectivity index (χ2v) is 4.74. The molecule has 1 aliphatic carbocycles. The van der Waals surface area contributed by atoms with E-state index >= 15 is 0 Å². The molecule has 1 N–H and O–H groups in total. The monoisotopic (exact) mass is 207 g/mol. The molecule has 1 unspecified atom stereocenters. The first-order valence-corrected chi connectivity index (χ1v) is 5.89. The summed E-state index contributed by atoms with van der Waals surface area (Å²) in [4.78, 5) is 0. The Bertz CT molecular complexity index is 326. The highest BCUT2D eigenvalue weighted by atomic mass is 15.2. The number of hydrogen-bond acceptors (Lipinski definition) is 2. The maximum Gasteiger partial charge on any atom is 0.0626 e. The minimum atomic E-state index is 0.696. The van der Waals surface area contributed by atoms with Gasteiger partial charge in [-0.05, 0) is 51.1 Å². The summed E-state index contributed by atoms with van der Waals surface area (Å²) in [6.45, 7) is 5.46. The Morgan fingerprint density at radius 1 is 1.60 bits per heavy atom. The van der Waals surface area contributed by atoms with E-state index < -0.39 is 0 Å². The van der Waals surface area contributed by atoms with Crippen LogP contribution in [0.25, 0.3) is 0 Å². The molecule has 2 rings (SSSR count). The summed E-state index contributed by atoms with van der Waals surface area (Å²) in [6.07, 6.45) is 6.05. The second-order valence-electron chi connectivity index (χ2n) is 4.74. The summed E-state index contributed by atoms with van der Waals surface area (Å²) in [5, 5.41) is 7.94. The quantitative estimate of drug-likeness (QED) is 0.796. The van der Waals surface area contributed by atoms with Crippen molar-refractivity contribution in [1.82, 2.24) is 15.1 Å². The fourth-order valence-corrected chi connectivity index (χ4v) is 2.09. The van der Waals surface area contributed by atoms with Gasteiger partial charge in [-0.25, -0.2) is 0 Å². The summed E-state index contributed by atoms with van der Waals surface area (Å²) in [5.74, 6) is 0.944. The summed E-state index contributed by atoms with van der Waals surface area (Å²) in [7, 11) is 1.98. The van der Waals surface area contributed by atoms with Gasteiger partial charge in [0.1, 0.15) is 0 Å². The molecule has 15 heavy (non-hydrogen) atoms. The molecule has 1 fully saturated rings. The molecule has 1 aromatic heterocycles. The highest BCUT2D eigenvalue weighted by molar-refractivity contribution is 5.15. The van der Waals surface area contributed by atoms with Crippen molar-refractivity contribution in [2.45, 2.75) is 39.2 Å². The lowest BCUT2D eigenvalue weighted by molar-refractivity contribution is 0.500. The van der Waals surface area contributed by atoms with Gasteiger partial charge in [-0.2, -0.15) is 5.10 Å². The van der Waals surface area contributed by atoms with Crippen LogP contribution in [0.2, 0.25) is 0 Å². The van der Waals surface area contributed by atoms with E-state index in [1.54, 1.807) is 0 Å². The zero-order valence-corrected chi connectivity index (χ0v) is 9.95. The summed E-state index contributed by atoms with van der Waals surface area (Å²) < 4.78 is 1.90. The van der Waals surface area contributed by atoms with Crippen molar-refractivity contribution in [3.63, 3.8) is 0 Å². The van der Waals surface area contributed by atoms with Crippen LogP contribution in [0.3, 0.4) is 0 Å². The van der Waals surface area contributed by atoms with E-state index in [2.05, 4.69) is 30.5 Å². The fraction of sp³-hybridized carbons (Fsp3) is 0.750. The van der Waals surface area contributed by atoms with Crippen molar-refractivity contribution in [3.05, 3.63) is 17.5 Å². The van der Waals surface area contributed by atoms with Gasteiger partial charge < -0.3 is 5.32 Å². The highest BCUT2D eigenvalue weighted by Gasteiger charge is 2.27. The Morgan fingerprint density at radius 2 is 2.33 bits per heavy atom. The minimum absolute atomic E-state index is 0.696. The van der Waals surface area contributed by atoms with Crippen LogP contribution in [0.5, 0.6) is 0 Å². The first kappa shape index (κ1) is 10.7. The zero-order chi connectivity index (χ0) is 10.8. The molecule has 0 bridgehead atoms. The van der Waals surface area contributed by atoms with E-state index in [-0.39, 0.29) is 0 Å². The Balaban J connectivity index is 1.75. The number of aryl methyl sites for hydroxylation is 2. The maximum absolute atomic E-state index is 4.35. The van der Waals surface area contributed by atoms with Gasteiger partial charge in [-0.3, -0.25) is 4.68 Å². The molecule has 1 saturated carbocycles. The van der Waals surface area contributed by atoms with E-state index in [0.29, 0.717) is 6.04 Å². The molecule has 1 aromatic rings. The average Bonchev–Trinajstić information content (AvgIpc) is 2.94. The number of nitrogens with one attached hydrogen (secondary N) is 1. The van der Waals surface area contributed by atoms with E-state index in [1.165, 1.54) is 24.1 Å². The first-order valence-electron chi connectivity index (χ1n) is 5.89. The Morgan fingerprint density at radius 3 is 2.87 bits per heavy atom. The predicted molar refractivity (Wildman–Crippen MR) is 61.8 cm³/mol. The van der Waals surface area contributed by atoms with Crippen LogP contribution in [0, 0.1) is 12.8 Å². The lowest BCUT2D eigenvalue weighted by Crippen LogP contribution is -2.29. The number of nitrogens with zero attached hydrogens (tertiary/aromatic N) is 2. The molecular weight excluding hydrogens is 186 g/mol. The van der Waals surface area contributed by atoms with Crippen LogP contribution in [0.1, 0.15) is 31.0 Å². The molecule has 84 valence electrons. The third-order valence-corrected chi connectivity index (χ3v) is 3.30. The lowest BCUT2D eigenvalue weighted by Gasteiger charge is -2.11. The van der Waals surface area contributed by atoms with Gasteiger partial charge >= 0.3 is 0 Å². The molecule has 0 spiro atoms. The van der Waals surface area contributed by atoms with Crippen molar-refractivity contribution in [1.29, 1.82) is 0 Å². The SMILES string of the molecule is Cc1nn(C)cc1CCNC(C)C1CC1. The van der Waals surface area contributed by atoms with Crippen LogP contribution in [0.4, 0.5) is 0 Å². The molecule has 0 aliphatic heterocycles. The van der Waals surface area contributed by atoms with E-state index in [9.17, 15) is 0 Å². The predicted octanol–water partition coefficient (Wildman–Crippen LogP) is 1.66. The van der Waals surface area contributed by atoms with Gasteiger partial charge in [0.05, 0.1) is 5.69 Å². The van der Waals surface area contributed by atoms with Crippen LogP contribution in [-0.2, 0) is 13.5 Å². The molecule has 0 radical (unpaired) electrons. The molecule has 0 amide bonds. The van der Waals surface area contributed by atoms with Crippen molar-refractivity contribution in [2.75, 3.05) is 6.54 Å². The Labute approximate surface area is 91.9 Å². The van der Waals surface area contributed by atoms with Gasteiger partial charge in [-0.15, -0.1) is 0 Å². The molecule has 0 aromatic carbocycles. The number of hydrogen-bond donors (Lipinski definition) is 1. The van der Waals surface area contributed by atoms with E-state index in [4.69, 9.17) is 0 Å². The standard InChI is InChI=1S/C12H21N3/c1-9(11-4-5-11)13-7-6-12-8-15(3)14-10(12)2/h8-9,11,13H,4-7H2,1-3H3. The van der Waals surface area contributed by atoms with Crippen molar-refractivity contribution < 1.29 is 0 Å². The molecule has 3 nitrogen and oxygen atoms in total. The number of aromatic nitrogens is 2. The number of rotatable bonds is 5. The highest BCUT2D eigenvalue weighted by Crippen LogP contribution is 2.32. The van der Waals surface area contributed by atoms with Crippen molar-refractivity contribution in [2.24, 2.45) is 13.0 Å². The lowest BCUT2D eigenvalue weighted by atomic mass is 10.1. The van der Waals surface area contributed by atoms with Crippen molar-refractivity contribution >= 4 is 0 Å². The summed E-state index contributed by atoms with van der Waals surface area (Å²) in [6, 6.07) is 0.696. The van der Waals surface area contributed by atoms with Gasteiger partial charge in [0.15, 0.2) is 0 Å². The van der Waals surface area contributed by atoms with Crippen molar-refractivity contribution in [3.8, 4) is 0 Å². The summed E-state index contributed by atoms with van der Waals surface area (Å²) in [5.41, 5.74) is 2.53. The average molecular weight is 207 g/mol. The topological polar surface area (TPSA) is 29.9 Å². The van der Waals surface area contributed by atoms with Crippen LogP contribution < -0.4 is 5.32 Å². The Hall–Kier alpha value is -0.830. The van der Waals surface area contributed by atoms with Gasteiger partial charge in [-0.1, -0.05) is 0 Å². The zero-order valence-electron chi connectivity index (χ0n) is 9.95. The normalized spacial score (nSPS) is 18.1. The van der Waals surface area contributed by atoms with Gasteiger partial charge in [0, 0.05) is 19.3 Å². The van der Waals surface area contributed by atoms with Crippen LogP contribution >= 0.6 is 0 Å². The second kappa shape index (κ2) is 4.35.